The maximum Gasteiger partial charge on any atom is 0.238 e. The van der Waals surface area contributed by atoms with Gasteiger partial charge in [0.05, 0.1) is 0 Å². The number of rotatable bonds is 6. The van der Waals surface area contributed by atoms with E-state index >= 15 is 0 Å². The average molecular weight is 413 g/mol. The first-order chi connectivity index (χ1) is 14.7. The van der Waals surface area contributed by atoms with E-state index in [1.807, 2.05) is 6.07 Å². The highest BCUT2D eigenvalue weighted by atomic mass is 19.1. The highest BCUT2D eigenvalue weighted by Crippen LogP contribution is 2.39. The molecule has 3 aliphatic rings. The number of likely N-dealkylation sites (tertiary alicyclic amines) is 1. The normalized spacial score (nSPS) is 27.2. The molecule has 2 aromatic rings. The predicted molar refractivity (Wildman–Crippen MR) is 112 cm³/mol. The smallest absolute Gasteiger partial charge is 0.238 e. The number of benzene rings is 1. The van der Waals surface area contributed by atoms with Crippen LogP contribution in [0.5, 0.6) is 11.6 Å². The number of fused-ring (bicyclic) bond motifs is 1. The van der Waals surface area contributed by atoms with Gasteiger partial charge in [-0.3, -0.25) is 0 Å². The summed E-state index contributed by atoms with van der Waals surface area (Å²) in [5, 5.41) is 12.0. The van der Waals surface area contributed by atoms with Gasteiger partial charge in [0.25, 0.3) is 0 Å². The summed E-state index contributed by atoms with van der Waals surface area (Å²) in [5.74, 6) is 3.83. The summed E-state index contributed by atoms with van der Waals surface area (Å²) in [5.41, 5.74) is 0. The van der Waals surface area contributed by atoms with Crippen LogP contribution in [0.3, 0.4) is 0 Å². The minimum Gasteiger partial charge on any atom is -0.438 e. The maximum atomic E-state index is 13.0. The minimum absolute atomic E-state index is 0.291. The first kappa shape index (κ1) is 19.7. The van der Waals surface area contributed by atoms with Crippen molar-refractivity contribution in [2.75, 3.05) is 38.2 Å². The van der Waals surface area contributed by atoms with E-state index in [0.717, 1.165) is 36.8 Å². The lowest BCUT2D eigenvalue weighted by Crippen LogP contribution is -2.32. The molecule has 1 aromatic heterocycles. The zero-order valence-electron chi connectivity index (χ0n) is 17.2. The molecule has 7 heteroatoms. The molecule has 6 nitrogen and oxygen atoms in total. The molecule has 3 atom stereocenters. The zero-order valence-corrected chi connectivity index (χ0v) is 17.2. The molecule has 0 bridgehead atoms. The monoisotopic (exact) mass is 412 g/mol. The summed E-state index contributed by atoms with van der Waals surface area (Å²) >= 11 is 0. The summed E-state index contributed by atoms with van der Waals surface area (Å²) in [4.78, 5) is 2.68. The van der Waals surface area contributed by atoms with Crippen LogP contribution >= 0.6 is 0 Å². The molecule has 1 unspecified atom stereocenters. The van der Waals surface area contributed by atoms with Gasteiger partial charge in [0.2, 0.25) is 5.88 Å². The lowest BCUT2D eigenvalue weighted by Gasteiger charge is -2.27. The third-order valence-corrected chi connectivity index (χ3v) is 6.71. The van der Waals surface area contributed by atoms with E-state index in [9.17, 15) is 4.39 Å². The molecule has 0 amide bonds. The third kappa shape index (κ3) is 4.73. The Morgan fingerprint density at radius 1 is 1.00 bits per heavy atom. The number of hydrogen-bond donors (Lipinski definition) is 1. The van der Waals surface area contributed by atoms with Crippen LogP contribution in [0.15, 0.2) is 36.4 Å². The van der Waals surface area contributed by atoms with Gasteiger partial charge in [0, 0.05) is 45.0 Å². The van der Waals surface area contributed by atoms with Crippen LogP contribution in [-0.4, -0.2) is 54.0 Å². The van der Waals surface area contributed by atoms with Gasteiger partial charge in [-0.1, -0.05) is 0 Å². The lowest BCUT2D eigenvalue weighted by molar-refractivity contribution is 0.0545. The van der Waals surface area contributed by atoms with Crippen LogP contribution in [0, 0.1) is 23.6 Å². The molecule has 1 aliphatic carbocycles. The van der Waals surface area contributed by atoms with E-state index in [4.69, 9.17) is 9.47 Å². The van der Waals surface area contributed by atoms with E-state index in [-0.39, 0.29) is 5.82 Å². The van der Waals surface area contributed by atoms with Gasteiger partial charge >= 0.3 is 0 Å². The molecule has 0 radical (unpaired) electrons. The molecule has 1 saturated carbocycles. The van der Waals surface area contributed by atoms with Crippen molar-refractivity contribution >= 4 is 5.82 Å². The molecule has 160 valence electrons. The van der Waals surface area contributed by atoms with E-state index in [2.05, 4.69) is 20.4 Å². The predicted octanol–water partition coefficient (Wildman–Crippen LogP) is 3.96. The van der Waals surface area contributed by atoms with Crippen molar-refractivity contribution in [1.82, 2.24) is 15.1 Å². The molecule has 0 spiro atoms. The number of anilines is 1. The standard InChI is InChI=1S/C23H29FN4O2/c24-19-1-3-21(4-2-19)30-23-6-5-22(26-27-23)25-20-11-17-14-28(15-18(17)12-20)13-16-7-9-29-10-8-16/h1-6,16-18,20H,7-15H2,(H,25,26)/t17-,18?,20+/m1/s1. The molecule has 2 aliphatic heterocycles. The third-order valence-electron chi connectivity index (χ3n) is 6.71. The highest BCUT2D eigenvalue weighted by molar-refractivity contribution is 5.37. The number of nitrogens with zero attached hydrogens (tertiary/aromatic N) is 3. The Balaban J connectivity index is 1.09. The molecule has 1 N–H and O–H groups in total. The molecular weight excluding hydrogens is 383 g/mol. The van der Waals surface area contributed by atoms with Crippen molar-refractivity contribution in [3.05, 3.63) is 42.2 Å². The Labute approximate surface area is 176 Å². The number of nitrogens with one attached hydrogen (secondary N) is 1. The van der Waals surface area contributed by atoms with E-state index in [0.29, 0.717) is 17.7 Å². The summed E-state index contributed by atoms with van der Waals surface area (Å²) < 4.78 is 24.1. The Kier molecular flexibility index (Phi) is 5.82. The Hall–Kier alpha value is -2.25. The van der Waals surface area contributed by atoms with Gasteiger partial charge in [-0.2, -0.15) is 0 Å². The summed E-state index contributed by atoms with van der Waals surface area (Å²) in [6, 6.07) is 10.0. The second-order valence-electron chi connectivity index (χ2n) is 8.92. The molecule has 2 saturated heterocycles. The van der Waals surface area contributed by atoms with Crippen molar-refractivity contribution in [1.29, 1.82) is 0 Å². The topological polar surface area (TPSA) is 59.5 Å². The lowest BCUT2D eigenvalue weighted by atomic mass is 10.00. The largest absolute Gasteiger partial charge is 0.438 e. The fourth-order valence-electron chi connectivity index (χ4n) is 5.24. The van der Waals surface area contributed by atoms with E-state index in [1.165, 1.54) is 57.5 Å². The van der Waals surface area contributed by atoms with Crippen LogP contribution in [-0.2, 0) is 4.74 Å². The summed E-state index contributed by atoms with van der Waals surface area (Å²) in [6.45, 7) is 5.58. The van der Waals surface area contributed by atoms with Crippen LogP contribution in [0.25, 0.3) is 0 Å². The second-order valence-corrected chi connectivity index (χ2v) is 8.92. The number of aromatic nitrogens is 2. The van der Waals surface area contributed by atoms with Gasteiger partial charge in [-0.05, 0) is 73.8 Å². The van der Waals surface area contributed by atoms with Crippen molar-refractivity contribution in [3.63, 3.8) is 0 Å². The van der Waals surface area contributed by atoms with Crippen LogP contribution < -0.4 is 10.1 Å². The van der Waals surface area contributed by atoms with Gasteiger partial charge in [0.1, 0.15) is 17.4 Å². The van der Waals surface area contributed by atoms with Crippen LogP contribution in [0.1, 0.15) is 25.7 Å². The number of hydrogen-bond acceptors (Lipinski definition) is 6. The van der Waals surface area contributed by atoms with Gasteiger partial charge in [-0.15, -0.1) is 10.2 Å². The van der Waals surface area contributed by atoms with Crippen LogP contribution in [0.2, 0.25) is 0 Å². The average Bonchev–Trinajstić information content (AvgIpc) is 3.30. The zero-order chi connectivity index (χ0) is 20.3. The quantitative estimate of drug-likeness (QED) is 0.775. The Bertz CT molecular complexity index is 812. The van der Waals surface area contributed by atoms with Gasteiger partial charge < -0.3 is 19.7 Å². The van der Waals surface area contributed by atoms with Crippen molar-refractivity contribution in [2.45, 2.75) is 31.7 Å². The van der Waals surface area contributed by atoms with E-state index < -0.39 is 0 Å². The van der Waals surface area contributed by atoms with Crippen molar-refractivity contribution in [3.8, 4) is 11.6 Å². The summed E-state index contributed by atoms with van der Waals surface area (Å²) in [7, 11) is 0. The molecule has 5 rings (SSSR count). The number of halogens is 1. The molecule has 30 heavy (non-hydrogen) atoms. The Morgan fingerprint density at radius 2 is 1.73 bits per heavy atom. The van der Waals surface area contributed by atoms with E-state index in [1.54, 1.807) is 18.2 Å². The van der Waals surface area contributed by atoms with Gasteiger partial charge in [-0.25, -0.2) is 4.39 Å². The Morgan fingerprint density at radius 3 is 2.40 bits per heavy atom. The van der Waals surface area contributed by atoms with Crippen molar-refractivity contribution in [2.24, 2.45) is 17.8 Å². The van der Waals surface area contributed by atoms with Crippen LogP contribution in [0.4, 0.5) is 10.2 Å². The fourth-order valence-corrected chi connectivity index (χ4v) is 5.24. The van der Waals surface area contributed by atoms with Crippen molar-refractivity contribution < 1.29 is 13.9 Å². The first-order valence-electron chi connectivity index (χ1n) is 11.0. The SMILES string of the molecule is Fc1ccc(Oc2ccc(N[C@@H]3CC4CN(CC5CCOCC5)C[C@H]4C3)nn2)cc1. The maximum absolute atomic E-state index is 13.0. The number of ether oxygens (including phenoxy) is 2. The fraction of sp³-hybridized carbons (Fsp3) is 0.565. The second kappa shape index (κ2) is 8.86. The molecule has 3 heterocycles. The first-order valence-corrected chi connectivity index (χ1v) is 11.0. The molecule has 3 fully saturated rings. The highest BCUT2D eigenvalue weighted by Gasteiger charge is 2.41. The van der Waals surface area contributed by atoms with Gasteiger partial charge in [0.15, 0.2) is 0 Å². The molecular formula is C23H29FN4O2. The summed E-state index contributed by atoms with van der Waals surface area (Å²) in [6.07, 6.45) is 4.83. The molecule has 1 aromatic carbocycles. The minimum atomic E-state index is -0.291.